The first-order valence-corrected chi connectivity index (χ1v) is 15.3. The van der Waals surface area contributed by atoms with Crippen molar-refractivity contribution in [1.82, 2.24) is 14.9 Å². The summed E-state index contributed by atoms with van der Waals surface area (Å²) in [6.45, 7) is 4.05. The van der Waals surface area contributed by atoms with Crippen molar-refractivity contribution in [3.05, 3.63) is 59.2 Å². The van der Waals surface area contributed by atoms with E-state index in [0.717, 1.165) is 54.9 Å². The first-order valence-electron chi connectivity index (χ1n) is 13.6. The number of benzene rings is 2. The molecule has 0 aliphatic carbocycles. The second kappa shape index (κ2) is 12.8. The van der Waals surface area contributed by atoms with Gasteiger partial charge in [0.05, 0.1) is 5.75 Å². The summed E-state index contributed by atoms with van der Waals surface area (Å²) in [6.07, 6.45) is -2.07. The predicted molar refractivity (Wildman–Crippen MR) is 154 cm³/mol. The van der Waals surface area contributed by atoms with Gasteiger partial charge in [-0.2, -0.15) is 0 Å². The number of alkyl halides is 3. The lowest BCUT2D eigenvalue weighted by Gasteiger charge is -2.34. The van der Waals surface area contributed by atoms with Crippen LogP contribution in [0.25, 0.3) is 0 Å². The van der Waals surface area contributed by atoms with Crippen molar-refractivity contribution in [2.24, 2.45) is 4.99 Å². The van der Waals surface area contributed by atoms with E-state index in [2.05, 4.69) is 20.4 Å². The number of carbonyl (C=O) groups is 1. The smallest absolute Gasteiger partial charge is 0.490 e. The summed E-state index contributed by atoms with van der Waals surface area (Å²) in [5.74, 6) is 0.0444. The van der Waals surface area contributed by atoms with Crippen molar-refractivity contribution >= 4 is 34.2 Å². The number of nitrogens with one attached hydrogen (secondary N) is 2. The summed E-state index contributed by atoms with van der Waals surface area (Å²) < 4.78 is 75.6. The Bertz CT molecular complexity index is 1420. The van der Waals surface area contributed by atoms with Gasteiger partial charge in [-0.3, -0.25) is 9.79 Å². The molecular formula is C28H34ClF3N4O5S. The molecule has 0 saturated carbocycles. The van der Waals surface area contributed by atoms with Crippen LogP contribution in [0.15, 0.2) is 47.5 Å². The molecule has 9 nitrogen and oxygen atoms in total. The van der Waals surface area contributed by atoms with Gasteiger partial charge in [-0.05, 0) is 87.5 Å². The molecule has 2 saturated heterocycles. The Morgan fingerprint density at radius 1 is 1.07 bits per heavy atom. The Morgan fingerprint density at radius 3 is 2.45 bits per heavy atom. The maximum atomic E-state index is 13.2. The number of ether oxygens (including phenoxy) is 2. The number of amides is 1. The molecule has 0 radical (unpaired) electrons. The van der Waals surface area contributed by atoms with Gasteiger partial charge in [0, 0.05) is 18.7 Å². The number of carbonyl (C=O) groups excluding carboxylic acids is 1. The molecule has 2 aromatic carbocycles. The molecule has 0 atom stereocenters. The minimum atomic E-state index is -4.85. The quantitative estimate of drug-likeness (QED) is 0.460. The van der Waals surface area contributed by atoms with Gasteiger partial charge in [0.2, 0.25) is 10.0 Å². The zero-order valence-corrected chi connectivity index (χ0v) is 24.7. The number of hydrogen-bond acceptors (Lipinski definition) is 7. The number of halogens is 4. The predicted octanol–water partition coefficient (Wildman–Crippen LogP) is 3.73. The van der Waals surface area contributed by atoms with Crippen molar-refractivity contribution in [2.75, 3.05) is 31.9 Å². The normalized spacial score (nSPS) is 19.6. The fraction of sp³-hybridized carbons (Fsp3) is 0.500. The summed E-state index contributed by atoms with van der Waals surface area (Å²) in [5, 5.41) is 5.96. The van der Waals surface area contributed by atoms with Gasteiger partial charge in [0.25, 0.3) is 5.91 Å². The average molecular weight is 631 g/mol. The third kappa shape index (κ3) is 7.55. The monoisotopic (exact) mass is 630 g/mol. The molecule has 42 heavy (non-hydrogen) atoms. The first kappa shape index (κ1) is 32.1. The molecule has 230 valence electrons. The summed E-state index contributed by atoms with van der Waals surface area (Å²) in [7, 11) is -3.59. The van der Waals surface area contributed by atoms with Gasteiger partial charge in [0.1, 0.15) is 29.0 Å². The Kier molecular flexibility index (Phi) is 9.75. The maximum absolute atomic E-state index is 13.2. The lowest BCUT2D eigenvalue weighted by Crippen LogP contribution is -2.50. The lowest BCUT2D eigenvalue weighted by atomic mass is 9.89. The van der Waals surface area contributed by atoms with Crippen LogP contribution in [0.5, 0.6) is 11.5 Å². The van der Waals surface area contributed by atoms with Crippen LogP contribution in [0.4, 0.5) is 13.2 Å². The molecule has 2 N–H and O–H groups in total. The summed E-state index contributed by atoms with van der Waals surface area (Å²) in [6, 6.07) is 11.0. The number of rotatable bonds is 8. The number of piperidine rings is 2. The molecule has 0 bridgehead atoms. The SMILES string of the molecule is Cc1cc(OC2CCNCC2)ccc1CCS(=O)(=O)N1CCC2(CC1)N=C(c1cccc(OC(F)(F)F)c1)NC2=O.Cl. The van der Waals surface area contributed by atoms with Gasteiger partial charge >= 0.3 is 6.36 Å². The van der Waals surface area contributed by atoms with Crippen LogP contribution < -0.4 is 20.1 Å². The van der Waals surface area contributed by atoms with E-state index < -0.39 is 33.6 Å². The zero-order valence-electron chi connectivity index (χ0n) is 23.1. The average Bonchev–Trinajstić information content (AvgIpc) is 3.23. The molecule has 2 fully saturated rings. The van der Waals surface area contributed by atoms with Crippen molar-refractivity contribution < 1.29 is 35.9 Å². The third-order valence-electron chi connectivity index (χ3n) is 7.80. The number of nitrogens with zero attached hydrogens (tertiary/aromatic N) is 2. The molecule has 5 rings (SSSR count). The van der Waals surface area contributed by atoms with Crippen molar-refractivity contribution in [2.45, 2.75) is 57.0 Å². The van der Waals surface area contributed by atoms with E-state index in [1.165, 1.54) is 16.4 Å². The highest BCUT2D eigenvalue weighted by Crippen LogP contribution is 2.33. The largest absolute Gasteiger partial charge is 0.573 e. The molecule has 3 aliphatic heterocycles. The van der Waals surface area contributed by atoms with Crippen molar-refractivity contribution in [3.8, 4) is 11.5 Å². The van der Waals surface area contributed by atoms with Crippen LogP contribution in [0.2, 0.25) is 0 Å². The first-order chi connectivity index (χ1) is 19.4. The molecule has 1 amide bonds. The lowest BCUT2D eigenvalue weighted by molar-refractivity contribution is -0.274. The molecule has 2 aromatic rings. The molecule has 1 spiro atoms. The molecule has 0 unspecified atom stereocenters. The van der Waals surface area contributed by atoms with Gasteiger partial charge in [-0.1, -0.05) is 18.2 Å². The molecule has 3 heterocycles. The van der Waals surface area contributed by atoms with E-state index in [0.29, 0.717) is 6.42 Å². The second-order valence-electron chi connectivity index (χ2n) is 10.6. The minimum Gasteiger partial charge on any atom is -0.490 e. The van der Waals surface area contributed by atoms with Crippen molar-refractivity contribution in [3.63, 3.8) is 0 Å². The number of sulfonamides is 1. The number of amidine groups is 1. The fourth-order valence-corrected chi connectivity index (χ4v) is 6.94. The number of aliphatic imine (C=N–C) groups is 1. The van der Waals surface area contributed by atoms with Crippen LogP contribution >= 0.6 is 12.4 Å². The van der Waals surface area contributed by atoms with Crippen molar-refractivity contribution in [1.29, 1.82) is 0 Å². The highest BCUT2D eigenvalue weighted by atomic mass is 35.5. The minimum absolute atomic E-state index is 0. The molecule has 0 aromatic heterocycles. The topological polar surface area (TPSA) is 109 Å². The van der Waals surface area contributed by atoms with Crippen LogP contribution in [0.1, 0.15) is 42.4 Å². The Morgan fingerprint density at radius 2 is 1.79 bits per heavy atom. The molecule has 3 aliphatic rings. The third-order valence-corrected chi connectivity index (χ3v) is 9.67. The van der Waals surface area contributed by atoms with Gasteiger partial charge < -0.3 is 20.1 Å². The van der Waals surface area contributed by atoms with E-state index in [1.54, 1.807) is 0 Å². The summed E-state index contributed by atoms with van der Waals surface area (Å²) in [4.78, 5) is 17.4. The van der Waals surface area contributed by atoms with Gasteiger partial charge in [-0.25, -0.2) is 12.7 Å². The van der Waals surface area contributed by atoms with E-state index in [1.807, 2.05) is 25.1 Å². The highest BCUT2D eigenvalue weighted by molar-refractivity contribution is 7.89. The maximum Gasteiger partial charge on any atom is 0.573 e. The van der Waals surface area contributed by atoms with E-state index in [-0.39, 0.29) is 61.6 Å². The van der Waals surface area contributed by atoms with Gasteiger partial charge in [0.15, 0.2) is 0 Å². The van der Waals surface area contributed by atoms with E-state index in [9.17, 15) is 26.4 Å². The zero-order chi connectivity index (χ0) is 29.3. The van der Waals surface area contributed by atoms with E-state index >= 15 is 0 Å². The Hall–Kier alpha value is -2.87. The van der Waals surface area contributed by atoms with Crippen LogP contribution in [0, 0.1) is 6.92 Å². The molecular weight excluding hydrogens is 597 g/mol. The Labute approximate surface area is 249 Å². The van der Waals surface area contributed by atoms with E-state index in [4.69, 9.17) is 4.74 Å². The summed E-state index contributed by atoms with van der Waals surface area (Å²) in [5.41, 5.74) is 1.01. The highest BCUT2D eigenvalue weighted by Gasteiger charge is 2.47. The standard InChI is InChI=1S/C28H33F3N4O5S.ClH/c1-19-17-23(39-22-7-12-32-13-8-22)6-5-20(19)9-16-41(37,38)35-14-10-27(11-15-35)26(36)33-25(34-27)21-3-2-4-24(18-21)40-28(29,30)31;/h2-6,17-18,22,32H,7-16H2,1H3,(H,33,34,36);1H. The second-order valence-corrected chi connectivity index (χ2v) is 12.7. The molecule has 14 heteroatoms. The van der Waals surface area contributed by atoms with Crippen LogP contribution in [-0.2, 0) is 21.2 Å². The van der Waals surface area contributed by atoms with Crippen LogP contribution in [0.3, 0.4) is 0 Å². The van der Waals surface area contributed by atoms with Crippen LogP contribution in [-0.4, -0.2) is 74.4 Å². The number of hydrogen-bond donors (Lipinski definition) is 2. The van der Waals surface area contributed by atoms with Gasteiger partial charge in [-0.15, -0.1) is 25.6 Å². The number of aryl methyl sites for hydroxylation is 2. The summed E-state index contributed by atoms with van der Waals surface area (Å²) >= 11 is 0. The Balaban J connectivity index is 0.00000405. The fourth-order valence-electron chi connectivity index (χ4n) is 5.46.